The average molecular weight is 325 g/mol. The fourth-order valence-electron chi connectivity index (χ4n) is 2.13. The van der Waals surface area contributed by atoms with Crippen LogP contribution in [0.25, 0.3) is 0 Å². The molecule has 0 radical (unpaired) electrons. The molecule has 0 amide bonds. The van der Waals surface area contributed by atoms with E-state index >= 15 is 0 Å². The standard InChI is InChI=1S/C14H14Cl2N4O/c15-11-7-18-14(16)20-13(11)19-10-3-1-9(2-4-10)12-8-17-5-6-21-12/h1-4,7,12,17H,5-6,8H2,(H,18,19,20)/t12-/m1/s1. The third-order valence-electron chi connectivity index (χ3n) is 3.19. The van der Waals surface area contributed by atoms with Gasteiger partial charge in [-0.25, -0.2) is 4.98 Å². The predicted molar refractivity (Wildman–Crippen MR) is 83.3 cm³/mol. The van der Waals surface area contributed by atoms with E-state index in [9.17, 15) is 0 Å². The van der Waals surface area contributed by atoms with Gasteiger partial charge in [-0.05, 0) is 29.3 Å². The molecule has 2 aromatic rings. The van der Waals surface area contributed by atoms with Crippen molar-refractivity contribution in [1.82, 2.24) is 15.3 Å². The van der Waals surface area contributed by atoms with Gasteiger partial charge in [0.15, 0.2) is 5.82 Å². The maximum absolute atomic E-state index is 6.02. The molecule has 2 N–H and O–H groups in total. The Kier molecular flexibility index (Phi) is 4.55. The summed E-state index contributed by atoms with van der Waals surface area (Å²) in [5.41, 5.74) is 2.01. The highest BCUT2D eigenvalue weighted by Crippen LogP contribution is 2.25. The van der Waals surface area contributed by atoms with Gasteiger partial charge in [-0.15, -0.1) is 0 Å². The number of benzene rings is 1. The third-order valence-corrected chi connectivity index (χ3v) is 3.65. The van der Waals surface area contributed by atoms with Crippen LogP contribution in [0.5, 0.6) is 0 Å². The lowest BCUT2D eigenvalue weighted by molar-refractivity contribution is 0.0277. The molecule has 1 fully saturated rings. The minimum absolute atomic E-state index is 0.102. The molecular formula is C14H14Cl2N4O. The van der Waals surface area contributed by atoms with E-state index in [4.69, 9.17) is 27.9 Å². The number of nitrogens with zero attached hydrogens (tertiary/aromatic N) is 2. The van der Waals surface area contributed by atoms with Gasteiger partial charge in [0.1, 0.15) is 5.02 Å². The Morgan fingerprint density at radius 1 is 1.24 bits per heavy atom. The van der Waals surface area contributed by atoms with E-state index in [1.807, 2.05) is 24.3 Å². The lowest BCUT2D eigenvalue weighted by atomic mass is 10.1. The van der Waals surface area contributed by atoms with E-state index in [0.29, 0.717) is 10.8 Å². The van der Waals surface area contributed by atoms with Crippen molar-refractivity contribution in [1.29, 1.82) is 0 Å². The molecule has 0 saturated carbocycles. The van der Waals surface area contributed by atoms with Crippen molar-refractivity contribution in [3.8, 4) is 0 Å². The van der Waals surface area contributed by atoms with Crippen molar-refractivity contribution in [2.45, 2.75) is 6.10 Å². The summed E-state index contributed by atoms with van der Waals surface area (Å²) in [4.78, 5) is 7.87. The summed E-state index contributed by atoms with van der Waals surface area (Å²) < 4.78 is 5.71. The first-order valence-corrected chi connectivity index (χ1v) is 7.35. The molecular weight excluding hydrogens is 311 g/mol. The third kappa shape index (κ3) is 3.63. The van der Waals surface area contributed by atoms with E-state index in [2.05, 4.69) is 20.6 Å². The van der Waals surface area contributed by atoms with Gasteiger partial charge in [-0.1, -0.05) is 23.7 Å². The van der Waals surface area contributed by atoms with E-state index in [-0.39, 0.29) is 11.4 Å². The Hall–Kier alpha value is -1.40. The second kappa shape index (κ2) is 6.58. The molecule has 1 aliphatic rings. The summed E-state index contributed by atoms with van der Waals surface area (Å²) in [6.07, 6.45) is 1.57. The van der Waals surface area contributed by atoms with Crippen LogP contribution in [0.15, 0.2) is 30.5 Å². The number of anilines is 2. The zero-order valence-electron chi connectivity index (χ0n) is 11.1. The van der Waals surface area contributed by atoms with Crippen LogP contribution in [-0.4, -0.2) is 29.7 Å². The molecule has 110 valence electrons. The zero-order valence-corrected chi connectivity index (χ0v) is 12.7. The summed E-state index contributed by atoms with van der Waals surface area (Å²) in [5, 5.41) is 7.00. The highest BCUT2D eigenvalue weighted by molar-refractivity contribution is 6.33. The fraction of sp³-hybridized carbons (Fsp3) is 0.286. The molecule has 1 saturated heterocycles. The topological polar surface area (TPSA) is 59.1 Å². The Bertz CT molecular complexity index is 615. The van der Waals surface area contributed by atoms with Crippen molar-refractivity contribution in [3.05, 3.63) is 46.3 Å². The van der Waals surface area contributed by atoms with Crippen LogP contribution >= 0.6 is 23.2 Å². The van der Waals surface area contributed by atoms with Crippen LogP contribution in [0.2, 0.25) is 10.3 Å². The van der Waals surface area contributed by atoms with Crippen molar-refractivity contribution in [2.75, 3.05) is 25.0 Å². The molecule has 1 aromatic carbocycles. The molecule has 0 unspecified atom stereocenters. The van der Waals surface area contributed by atoms with E-state index < -0.39 is 0 Å². The number of nitrogens with one attached hydrogen (secondary N) is 2. The van der Waals surface area contributed by atoms with E-state index in [1.54, 1.807) is 0 Å². The van der Waals surface area contributed by atoms with Crippen LogP contribution in [-0.2, 0) is 4.74 Å². The van der Waals surface area contributed by atoms with Gasteiger partial charge in [0.2, 0.25) is 5.28 Å². The highest BCUT2D eigenvalue weighted by atomic mass is 35.5. The van der Waals surface area contributed by atoms with Crippen LogP contribution in [0.4, 0.5) is 11.5 Å². The summed E-state index contributed by atoms with van der Waals surface area (Å²) in [6.45, 7) is 2.48. The van der Waals surface area contributed by atoms with E-state index in [0.717, 1.165) is 30.9 Å². The van der Waals surface area contributed by atoms with Crippen LogP contribution in [0.3, 0.4) is 0 Å². The number of halogens is 2. The van der Waals surface area contributed by atoms with Crippen molar-refractivity contribution >= 4 is 34.7 Å². The highest BCUT2D eigenvalue weighted by Gasteiger charge is 2.15. The van der Waals surface area contributed by atoms with Crippen LogP contribution in [0, 0.1) is 0 Å². The van der Waals surface area contributed by atoms with Crippen molar-refractivity contribution in [3.63, 3.8) is 0 Å². The second-order valence-electron chi connectivity index (χ2n) is 4.65. The van der Waals surface area contributed by atoms with Gasteiger partial charge in [-0.2, -0.15) is 4.98 Å². The number of aromatic nitrogens is 2. The molecule has 21 heavy (non-hydrogen) atoms. The molecule has 2 heterocycles. The lowest BCUT2D eigenvalue weighted by Gasteiger charge is -2.24. The predicted octanol–water partition coefficient (Wildman–Crippen LogP) is 3.19. The van der Waals surface area contributed by atoms with Gasteiger partial charge in [-0.3, -0.25) is 0 Å². The Labute approximate surface area is 132 Å². The maximum atomic E-state index is 6.02. The molecule has 7 heteroatoms. The molecule has 3 rings (SSSR count). The smallest absolute Gasteiger partial charge is 0.224 e. The second-order valence-corrected chi connectivity index (χ2v) is 5.39. The first-order chi connectivity index (χ1) is 10.2. The summed E-state index contributed by atoms with van der Waals surface area (Å²) in [7, 11) is 0. The SMILES string of the molecule is Clc1ncc(Cl)c(Nc2ccc([C@H]3CNCCO3)cc2)n1. The Morgan fingerprint density at radius 3 is 2.76 bits per heavy atom. The molecule has 1 aromatic heterocycles. The molecule has 0 spiro atoms. The monoisotopic (exact) mass is 324 g/mol. The minimum atomic E-state index is 0.102. The molecule has 1 aliphatic heterocycles. The van der Waals surface area contributed by atoms with Crippen LogP contribution in [0.1, 0.15) is 11.7 Å². The van der Waals surface area contributed by atoms with Crippen LogP contribution < -0.4 is 10.6 Å². The van der Waals surface area contributed by atoms with E-state index in [1.165, 1.54) is 6.20 Å². The number of rotatable bonds is 3. The first-order valence-electron chi connectivity index (χ1n) is 6.60. The van der Waals surface area contributed by atoms with Gasteiger partial charge in [0.05, 0.1) is 18.9 Å². The molecule has 1 atom stereocenters. The van der Waals surface area contributed by atoms with Crippen molar-refractivity contribution in [2.24, 2.45) is 0 Å². The minimum Gasteiger partial charge on any atom is -0.371 e. The fourth-order valence-corrected chi connectivity index (χ4v) is 2.40. The first kappa shape index (κ1) is 14.5. The number of hydrogen-bond acceptors (Lipinski definition) is 5. The quantitative estimate of drug-likeness (QED) is 0.849. The maximum Gasteiger partial charge on any atom is 0.224 e. The van der Waals surface area contributed by atoms with Gasteiger partial charge in [0, 0.05) is 18.8 Å². The number of morpholine rings is 1. The molecule has 0 bridgehead atoms. The Morgan fingerprint density at radius 2 is 2.05 bits per heavy atom. The summed E-state index contributed by atoms with van der Waals surface area (Å²) >= 11 is 11.8. The Balaban J connectivity index is 1.73. The number of ether oxygens (including phenoxy) is 1. The largest absolute Gasteiger partial charge is 0.371 e. The summed E-state index contributed by atoms with van der Waals surface area (Å²) in [6, 6.07) is 7.96. The van der Waals surface area contributed by atoms with Crippen molar-refractivity contribution < 1.29 is 4.74 Å². The van der Waals surface area contributed by atoms with Gasteiger partial charge < -0.3 is 15.4 Å². The molecule has 5 nitrogen and oxygen atoms in total. The lowest BCUT2D eigenvalue weighted by Crippen LogP contribution is -2.33. The zero-order chi connectivity index (χ0) is 14.7. The molecule has 0 aliphatic carbocycles. The normalized spacial score (nSPS) is 18.5. The van der Waals surface area contributed by atoms with Gasteiger partial charge in [0.25, 0.3) is 0 Å². The van der Waals surface area contributed by atoms with Gasteiger partial charge >= 0.3 is 0 Å². The number of hydrogen-bond donors (Lipinski definition) is 2. The average Bonchev–Trinajstić information content (AvgIpc) is 2.53. The summed E-state index contributed by atoms with van der Waals surface area (Å²) in [5.74, 6) is 0.486.